The number of esters is 1. The second-order valence-electron chi connectivity index (χ2n) is 5.14. The Kier molecular flexibility index (Phi) is 5.81. The number of carbonyl (C=O) groups is 2. The van der Waals surface area contributed by atoms with Gasteiger partial charge in [-0.25, -0.2) is 4.79 Å². The summed E-state index contributed by atoms with van der Waals surface area (Å²) in [5.74, 6) is 0.0514. The normalized spacial score (nSPS) is 15.7. The maximum Gasteiger partial charge on any atom is 0.353 e. The fourth-order valence-corrected chi connectivity index (χ4v) is 4.48. The van der Waals surface area contributed by atoms with Crippen LogP contribution >= 0.6 is 51.2 Å². The Bertz CT molecular complexity index is 924. The van der Waals surface area contributed by atoms with E-state index in [0.29, 0.717) is 24.3 Å². The van der Waals surface area contributed by atoms with Crippen molar-refractivity contribution in [2.45, 2.75) is 0 Å². The Labute approximate surface area is 172 Å². The van der Waals surface area contributed by atoms with Crippen molar-refractivity contribution < 1.29 is 19.1 Å². The highest BCUT2D eigenvalue weighted by atomic mass is 79.9. The van der Waals surface area contributed by atoms with Crippen LogP contribution in [-0.2, 0) is 4.79 Å². The molecule has 1 saturated heterocycles. The molecular weight excluding hydrogens is 458 g/mol. The summed E-state index contributed by atoms with van der Waals surface area (Å²) in [5.41, 5.74) is 0.721. The van der Waals surface area contributed by atoms with Gasteiger partial charge in [0.1, 0.15) is 9.20 Å². The number of thiocarbonyl (C=S) groups is 1. The van der Waals surface area contributed by atoms with Crippen molar-refractivity contribution in [1.29, 1.82) is 0 Å². The topological polar surface area (TPSA) is 55.8 Å². The Morgan fingerprint density at radius 2 is 2.15 bits per heavy atom. The van der Waals surface area contributed by atoms with E-state index in [1.165, 1.54) is 35.1 Å². The summed E-state index contributed by atoms with van der Waals surface area (Å²) >= 11 is 11.1. The zero-order chi connectivity index (χ0) is 18.8. The van der Waals surface area contributed by atoms with E-state index in [9.17, 15) is 9.59 Å². The molecule has 26 heavy (non-hydrogen) atoms. The Morgan fingerprint density at radius 1 is 1.38 bits per heavy atom. The number of halogens is 1. The largest absolute Gasteiger partial charge is 0.493 e. The molecule has 1 fully saturated rings. The number of amides is 1. The molecule has 134 valence electrons. The predicted molar refractivity (Wildman–Crippen MR) is 111 cm³/mol. The van der Waals surface area contributed by atoms with E-state index in [4.69, 9.17) is 21.7 Å². The van der Waals surface area contributed by atoms with Gasteiger partial charge in [-0.1, -0.05) is 30.0 Å². The van der Waals surface area contributed by atoms with Gasteiger partial charge in [0.2, 0.25) is 0 Å². The molecule has 0 saturated carbocycles. The van der Waals surface area contributed by atoms with Gasteiger partial charge < -0.3 is 9.47 Å². The monoisotopic (exact) mass is 469 g/mol. The van der Waals surface area contributed by atoms with E-state index >= 15 is 0 Å². The fourth-order valence-electron chi connectivity index (χ4n) is 2.16. The molecule has 3 rings (SSSR count). The number of rotatable bonds is 4. The van der Waals surface area contributed by atoms with Gasteiger partial charge in [0.05, 0.1) is 16.5 Å². The molecule has 0 spiro atoms. The average molecular weight is 470 g/mol. The molecule has 2 aromatic rings. The number of likely N-dealkylation sites (N-methyl/N-ethyl adjacent to an activating group) is 1. The minimum absolute atomic E-state index is 0.150. The Hall–Kier alpha value is -1.68. The van der Waals surface area contributed by atoms with Gasteiger partial charge in [-0.15, -0.1) is 11.3 Å². The number of thioether (sulfide) groups is 1. The van der Waals surface area contributed by atoms with Crippen molar-refractivity contribution in [1.82, 2.24) is 4.90 Å². The zero-order valence-corrected chi connectivity index (χ0v) is 17.7. The lowest BCUT2D eigenvalue weighted by atomic mass is 10.2. The predicted octanol–water partition coefficient (Wildman–Crippen LogP) is 4.57. The third-order valence-electron chi connectivity index (χ3n) is 3.45. The number of carbonyl (C=O) groups excluding carboxylic acids is 2. The first-order valence-electron chi connectivity index (χ1n) is 7.25. The molecule has 0 atom stereocenters. The molecule has 1 aromatic heterocycles. The number of thiophene rings is 1. The lowest BCUT2D eigenvalue weighted by Crippen LogP contribution is -2.22. The summed E-state index contributed by atoms with van der Waals surface area (Å²) in [6.07, 6.45) is 1.72. The fraction of sp³-hybridized carbons (Fsp3) is 0.118. The number of hydrogen-bond acceptors (Lipinski definition) is 7. The van der Waals surface area contributed by atoms with Crippen molar-refractivity contribution in [3.63, 3.8) is 0 Å². The van der Waals surface area contributed by atoms with Crippen molar-refractivity contribution >= 4 is 73.5 Å². The summed E-state index contributed by atoms with van der Waals surface area (Å²) in [6.45, 7) is 0. The second kappa shape index (κ2) is 7.91. The molecule has 1 aromatic carbocycles. The van der Waals surface area contributed by atoms with E-state index in [1.807, 2.05) is 0 Å². The molecule has 0 unspecified atom stereocenters. The standard InChI is InChI=1S/C17H12BrNO4S3/c1-19-15(20)13(26-17(19)24)8-9-6-10(18)14(11(7-9)22-2)23-16(21)12-4-3-5-25-12/h3-8H,1-2H3/b13-8-. The van der Waals surface area contributed by atoms with Crippen LogP contribution in [0.5, 0.6) is 11.5 Å². The van der Waals surface area contributed by atoms with E-state index in [1.54, 1.807) is 42.8 Å². The highest BCUT2D eigenvalue weighted by molar-refractivity contribution is 9.10. The first-order valence-corrected chi connectivity index (χ1v) is 10.1. The minimum atomic E-state index is -0.460. The van der Waals surface area contributed by atoms with Gasteiger partial charge in [0.25, 0.3) is 5.91 Å². The van der Waals surface area contributed by atoms with E-state index in [2.05, 4.69) is 15.9 Å². The van der Waals surface area contributed by atoms with Crippen LogP contribution in [0.4, 0.5) is 0 Å². The van der Waals surface area contributed by atoms with Crippen LogP contribution < -0.4 is 9.47 Å². The average Bonchev–Trinajstić information content (AvgIpc) is 3.23. The maximum atomic E-state index is 12.2. The van der Waals surface area contributed by atoms with Crippen molar-refractivity contribution in [2.24, 2.45) is 0 Å². The summed E-state index contributed by atoms with van der Waals surface area (Å²) in [7, 11) is 3.13. The number of methoxy groups -OCH3 is 1. The van der Waals surface area contributed by atoms with Crippen LogP contribution in [0.15, 0.2) is 39.0 Å². The first kappa shape index (κ1) is 19.1. The van der Waals surface area contributed by atoms with Crippen LogP contribution in [0, 0.1) is 0 Å². The number of nitrogens with zero attached hydrogens (tertiary/aromatic N) is 1. The van der Waals surface area contributed by atoms with Gasteiger partial charge in [0, 0.05) is 7.05 Å². The van der Waals surface area contributed by atoms with E-state index in [-0.39, 0.29) is 11.7 Å². The van der Waals surface area contributed by atoms with Gasteiger partial charge >= 0.3 is 5.97 Å². The molecule has 0 aliphatic carbocycles. The van der Waals surface area contributed by atoms with E-state index in [0.717, 1.165) is 5.56 Å². The second-order valence-corrected chi connectivity index (χ2v) is 8.62. The van der Waals surface area contributed by atoms with Gasteiger partial charge in [-0.3, -0.25) is 9.69 Å². The first-order chi connectivity index (χ1) is 12.4. The molecule has 1 amide bonds. The lowest BCUT2D eigenvalue weighted by Gasteiger charge is -2.12. The molecule has 0 radical (unpaired) electrons. The van der Waals surface area contributed by atoms with Crippen molar-refractivity contribution in [2.75, 3.05) is 14.2 Å². The molecule has 0 bridgehead atoms. The summed E-state index contributed by atoms with van der Waals surface area (Å²) in [6, 6.07) is 6.92. The van der Waals surface area contributed by atoms with Gasteiger partial charge in [-0.05, 0) is 51.1 Å². The molecular formula is C17H12BrNO4S3. The highest BCUT2D eigenvalue weighted by Gasteiger charge is 2.29. The Balaban J connectivity index is 1.92. The third-order valence-corrected chi connectivity index (χ3v) is 6.38. The number of ether oxygens (including phenoxy) is 2. The minimum Gasteiger partial charge on any atom is -0.493 e. The van der Waals surface area contributed by atoms with Crippen LogP contribution in [0.25, 0.3) is 6.08 Å². The molecule has 1 aliphatic rings. The molecule has 5 nitrogen and oxygen atoms in total. The highest BCUT2D eigenvalue weighted by Crippen LogP contribution is 2.39. The van der Waals surface area contributed by atoms with Gasteiger partial charge in [-0.2, -0.15) is 0 Å². The lowest BCUT2D eigenvalue weighted by molar-refractivity contribution is -0.121. The Morgan fingerprint density at radius 3 is 2.73 bits per heavy atom. The van der Waals surface area contributed by atoms with Crippen LogP contribution in [-0.4, -0.2) is 35.3 Å². The number of benzene rings is 1. The third kappa shape index (κ3) is 3.85. The smallest absolute Gasteiger partial charge is 0.353 e. The molecule has 0 N–H and O–H groups in total. The van der Waals surface area contributed by atoms with Gasteiger partial charge in [0.15, 0.2) is 11.5 Å². The maximum absolute atomic E-state index is 12.2. The van der Waals surface area contributed by atoms with Crippen LogP contribution in [0.1, 0.15) is 15.2 Å². The van der Waals surface area contributed by atoms with Crippen molar-refractivity contribution in [3.05, 3.63) is 49.5 Å². The quantitative estimate of drug-likeness (QED) is 0.283. The van der Waals surface area contributed by atoms with Crippen LogP contribution in [0.2, 0.25) is 0 Å². The summed E-state index contributed by atoms with van der Waals surface area (Å²) < 4.78 is 11.9. The van der Waals surface area contributed by atoms with Crippen molar-refractivity contribution in [3.8, 4) is 11.5 Å². The molecule has 1 aliphatic heterocycles. The SMILES string of the molecule is COc1cc(/C=C2\SC(=S)N(C)C2=O)cc(Br)c1OC(=O)c1cccs1. The molecule has 9 heteroatoms. The zero-order valence-electron chi connectivity index (χ0n) is 13.6. The molecule has 2 heterocycles. The van der Waals surface area contributed by atoms with E-state index < -0.39 is 5.97 Å². The van der Waals surface area contributed by atoms with Crippen LogP contribution in [0.3, 0.4) is 0 Å². The number of hydrogen-bond donors (Lipinski definition) is 0. The summed E-state index contributed by atoms with van der Waals surface area (Å²) in [4.78, 5) is 26.8. The summed E-state index contributed by atoms with van der Waals surface area (Å²) in [5, 5.41) is 1.80.